The first-order valence-electron chi connectivity index (χ1n) is 16.0. The molecule has 1 atom stereocenters. The van der Waals surface area contributed by atoms with Crippen LogP contribution in [0.15, 0.2) is 155 Å². The number of fused-ring (bicyclic) bond motifs is 5. The minimum atomic E-state index is -0.667. The fraction of sp³-hybridized carbons (Fsp3) is 0.0476. The predicted octanol–water partition coefficient (Wildman–Crippen LogP) is 10.1. The average molecular weight is 641 g/mol. The van der Waals surface area contributed by atoms with Gasteiger partial charge in [-0.3, -0.25) is 4.79 Å². The highest BCUT2D eigenvalue weighted by Crippen LogP contribution is 2.48. The summed E-state index contributed by atoms with van der Waals surface area (Å²) in [5.41, 5.74) is 4.24. The highest BCUT2D eigenvalue weighted by atomic mass is 16.5. The summed E-state index contributed by atoms with van der Waals surface area (Å²) in [6.45, 7) is 0. The molecule has 0 saturated heterocycles. The second kappa shape index (κ2) is 10.5. The maximum Gasteiger partial charge on any atom is 0.348 e. The van der Waals surface area contributed by atoms with Gasteiger partial charge in [-0.2, -0.15) is 0 Å². The Hall–Kier alpha value is -6.60. The minimum absolute atomic E-state index is 0.0746. The summed E-state index contributed by atoms with van der Waals surface area (Å²) in [5, 5.41) is 2.81. The van der Waals surface area contributed by atoms with E-state index in [2.05, 4.69) is 6.07 Å². The van der Waals surface area contributed by atoms with Gasteiger partial charge in [-0.05, 0) is 60.2 Å². The Labute approximate surface area is 277 Å². The lowest BCUT2D eigenvalue weighted by Gasteiger charge is -2.20. The van der Waals surface area contributed by atoms with Crippen LogP contribution in [0, 0.1) is 0 Å². The first kappa shape index (κ1) is 27.5. The molecular weight excluding hydrogens is 616 g/mol. The number of rotatable bonds is 4. The number of hydrogen-bond donors (Lipinski definition) is 0. The summed E-state index contributed by atoms with van der Waals surface area (Å²) in [6, 6.07) is 39.3. The molecule has 5 heterocycles. The van der Waals surface area contributed by atoms with Gasteiger partial charge in [0.25, 0.3) is 0 Å². The molecule has 5 aromatic carbocycles. The average Bonchev–Trinajstić information content (AvgIpc) is 3.87. The Bertz CT molecular complexity index is 2810. The molecule has 49 heavy (non-hydrogen) atoms. The SMILES string of the molecule is O=c1oc2ccc(-c3cc4ccccc4o3)c(C3Cc4ccccc4O3)c2c(-c2cc3ccccc3o2)c1-c1cc(=O)c2ccccc2o1. The summed E-state index contributed by atoms with van der Waals surface area (Å²) in [6.07, 6.45) is 0.0957. The van der Waals surface area contributed by atoms with Crippen LogP contribution in [-0.4, -0.2) is 0 Å². The van der Waals surface area contributed by atoms with Crippen molar-refractivity contribution in [3.63, 3.8) is 0 Å². The second-order valence-corrected chi connectivity index (χ2v) is 12.2. The third-order valence-corrected chi connectivity index (χ3v) is 9.33. The summed E-state index contributed by atoms with van der Waals surface area (Å²) in [4.78, 5) is 27.6. The molecule has 1 aliphatic heterocycles. The van der Waals surface area contributed by atoms with Gasteiger partial charge in [-0.25, -0.2) is 4.79 Å². The molecule has 9 aromatic rings. The molecule has 1 aliphatic rings. The zero-order valence-electron chi connectivity index (χ0n) is 25.8. The lowest BCUT2D eigenvalue weighted by molar-refractivity contribution is 0.240. The molecule has 0 N–H and O–H groups in total. The normalized spacial score (nSPS) is 14.2. The van der Waals surface area contributed by atoms with E-state index in [4.69, 9.17) is 22.4 Å². The minimum Gasteiger partial charge on any atom is -0.485 e. The van der Waals surface area contributed by atoms with Crippen molar-refractivity contribution in [3.8, 4) is 39.7 Å². The van der Waals surface area contributed by atoms with Gasteiger partial charge in [-0.1, -0.05) is 66.7 Å². The fourth-order valence-corrected chi connectivity index (χ4v) is 7.13. The Balaban J connectivity index is 1.36. The van der Waals surface area contributed by atoms with Crippen LogP contribution in [0.2, 0.25) is 0 Å². The van der Waals surface area contributed by atoms with Gasteiger partial charge in [0.1, 0.15) is 57.0 Å². The molecule has 0 bridgehead atoms. The van der Waals surface area contributed by atoms with E-state index in [9.17, 15) is 9.59 Å². The number of ether oxygens (including phenoxy) is 1. The number of benzene rings is 5. The molecule has 0 amide bonds. The summed E-state index contributed by atoms with van der Waals surface area (Å²) >= 11 is 0. The zero-order chi connectivity index (χ0) is 32.6. The van der Waals surface area contributed by atoms with E-state index in [1.807, 2.05) is 84.9 Å². The van der Waals surface area contributed by atoms with Crippen molar-refractivity contribution in [2.75, 3.05) is 0 Å². The highest BCUT2D eigenvalue weighted by molar-refractivity contribution is 6.05. The van der Waals surface area contributed by atoms with Crippen LogP contribution in [-0.2, 0) is 6.42 Å². The van der Waals surface area contributed by atoms with E-state index < -0.39 is 11.7 Å². The molecule has 0 spiro atoms. The molecule has 0 aliphatic carbocycles. The first-order valence-corrected chi connectivity index (χ1v) is 16.0. The molecule has 4 aromatic heterocycles. The van der Waals surface area contributed by atoms with Crippen molar-refractivity contribution in [2.45, 2.75) is 12.5 Å². The van der Waals surface area contributed by atoms with E-state index in [0.29, 0.717) is 51.0 Å². The van der Waals surface area contributed by atoms with Crippen LogP contribution >= 0.6 is 0 Å². The van der Waals surface area contributed by atoms with Gasteiger partial charge < -0.3 is 22.4 Å². The van der Waals surface area contributed by atoms with Gasteiger partial charge in [0.15, 0.2) is 5.43 Å². The second-order valence-electron chi connectivity index (χ2n) is 12.2. The molecule has 7 nitrogen and oxygen atoms in total. The summed E-state index contributed by atoms with van der Waals surface area (Å²) < 4.78 is 32.1. The molecule has 0 saturated carbocycles. The van der Waals surface area contributed by atoms with Crippen LogP contribution < -0.4 is 15.8 Å². The Morgan fingerprint density at radius 3 is 1.94 bits per heavy atom. The maximum atomic E-state index is 14.2. The van der Waals surface area contributed by atoms with Crippen molar-refractivity contribution in [2.24, 2.45) is 0 Å². The third kappa shape index (κ3) is 4.29. The van der Waals surface area contributed by atoms with Crippen molar-refractivity contribution in [3.05, 3.63) is 159 Å². The van der Waals surface area contributed by atoms with Crippen LogP contribution in [0.4, 0.5) is 0 Å². The Morgan fingerprint density at radius 1 is 0.531 bits per heavy atom. The van der Waals surface area contributed by atoms with Gasteiger partial charge in [0.05, 0.1) is 5.39 Å². The lowest BCUT2D eigenvalue weighted by Crippen LogP contribution is -2.12. The van der Waals surface area contributed by atoms with Gasteiger partial charge in [0.2, 0.25) is 0 Å². The Kier molecular flexibility index (Phi) is 5.87. The van der Waals surface area contributed by atoms with Crippen molar-refractivity contribution in [1.82, 2.24) is 0 Å². The summed E-state index contributed by atoms with van der Waals surface area (Å²) in [5.74, 6) is 1.91. The van der Waals surface area contributed by atoms with E-state index in [1.165, 1.54) is 6.07 Å². The highest BCUT2D eigenvalue weighted by Gasteiger charge is 2.34. The van der Waals surface area contributed by atoms with E-state index in [1.54, 1.807) is 30.3 Å². The van der Waals surface area contributed by atoms with Gasteiger partial charge in [-0.15, -0.1) is 0 Å². The molecule has 0 fully saturated rings. The smallest absolute Gasteiger partial charge is 0.348 e. The molecular formula is C42H24O7. The Morgan fingerprint density at radius 2 is 1.16 bits per heavy atom. The molecule has 1 unspecified atom stereocenters. The van der Waals surface area contributed by atoms with Crippen molar-refractivity contribution < 1.29 is 22.4 Å². The molecule has 7 heteroatoms. The molecule has 234 valence electrons. The maximum absolute atomic E-state index is 14.2. The third-order valence-electron chi connectivity index (χ3n) is 9.33. The zero-order valence-corrected chi connectivity index (χ0v) is 25.8. The molecule has 10 rings (SSSR count). The van der Waals surface area contributed by atoms with Crippen molar-refractivity contribution in [1.29, 1.82) is 0 Å². The van der Waals surface area contributed by atoms with Crippen LogP contribution in [0.5, 0.6) is 5.75 Å². The quantitative estimate of drug-likeness (QED) is 0.177. The van der Waals surface area contributed by atoms with E-state index in [0.717, 1.165) is 38.8 Å². The number of para-hydroxylation sites is 4. The van der Waals surface area contributed by atoms with E-state index >= 15 is 0 Å². The standard InChI is InChI=1S/C42H24O7/c43-28-22-37(48-32-16-8-4-12-26(28)32)41-40(36-21-25-11-3-7-15-31(25)47-36)39-33(49-42(41)44)18-17-27(34-19-23-9-1-5-13-29(23)45-34)38(39)35-20-24-10-2-6-14-30(24)46-35/h1-19,21-22,35H,20H2. The number of furan rings is 2. The molecule has 0 radical (unpaired) electrons. The fourth-order valence-electron chi connectivity index (χ4n) is 7.13. The number of hydrogen-bond acceptors (Lipinski definition) is 7. The first-order chi connectivity index (χ1) is 24.1. The predicted molar refractivity (Wildman–Crippen MR) is 188 cm³/mol. The van der Waals surface area contributed by atoms with Crippen LogP contribution in [0.25, 0.3) is 77.8 Å². The summed E-state index contributed by atoms with van der Waals surface area (Å²) in [7, 11) is 0. The van der Waals surface area contributed by atoms with Crippen LogP contribution in [0.1, 0.15) is 17.2 Å². The largest absolute Gasteiger partial charge is 0.485 e. The lowest BCUT2D eigenvalue weighted by atomic mass is 9.88. The topological polar surface area (TPSA) is 95.9 Å². The monoisotopic (exact) mass is 640 g/mol. The van der Waals surface area contributed by atoms with Gasteiger partial charge >= 0.3 is 5.63 Å². The van der Waals surface area contributed by atoms with E-state index in [-0.39, 0.29) is 16.8 Å². The van der Waals surface area contributed by atoms with Crippen LogP contribution in [0.3, 0.4) is 0 Å². The van der Waals surface area contributed by atoms with Crippen molar-refractivity contribution >= 4 is 43.9 Å². The van der Waals surface area contributed by atoms with Gasteiger partial charge in [0, 0.05) is 45.3 Å².